The Bertz CT molecular complexity index is 522. The second-order valence-corrected chi connectivity index (χ2v) is 3.54. The lowest BCUT2D eigenvalue weighted by Crippen LogP contribution is -2.07. The second kappa shape index (κ2) is 4.67. The predicted molar refractivity (Wildman–Crippen MR) is 55.2 cm³/mol. The van der Waals surface area contributed by atoms with Crippen LogP contribution in [0.5, 0.6) is 0 Å². The monoisotopic (exact) mass is 260 g/mol. The highest BCUT2D eigenvalue weighted by molar-refractivity contribution is 5.47. The molecule has 1 N–H and O–H groups in total. The molecular weight excluding hydrogens is 252 g/mol. The van der Waals surface area contributed by atoms with Gasteiger partial charge in [-0.15, -0.1) is 0 Å². The van der Waals surface area contributed by atoms with E-state index in [9.17, 15) is 17.6 Å². The lowest BCUT2D eigenvalue weighted by atomic mass is 10.2. The van der Waals surface area contributed by atoms with E-state index in [1.165, 1.54) is 6.26 Å². The highest BCUT2D eigenvalue weighted by atomic mass is 19.4. The summed E-state index contributed by atoms with van der Waals surface area (Å²) >= 11 is 0. The van der Waals surface area contributed by atoms with E-state index in [-0.39, 0.29) is 12.2 Å². The zero-order chi connectivity index (χ0) is 13.2. The van der Waals surface area contributed by atoms with Gasteiger partial charge in [-0.25, -0.2) is 4.39 Å². The van der Waals surface area contributed by atoms with Crippen molar-refractivity contribution in [2.75, 3.05) is 5.32 Å². The number of nitrogens with zero attached hydrogens (tertiary/aromatic N) is 1. The molecule has 0 saturated carbocycles. The third-order valence-electron chi connectivity index (χ3n) is 2.25. The van der Waals surface area contributed by atoms with Gasteiger partial charge in [-0.05, 0) is 18.2 Å². The minimum Gasteiger partial charge on any atom is -0.377 e. The maximum absolute atomic E-state index is 13.4. The van der Waals surface area contributed by atoms with Crippen molar-refractivity contribution in [3.63, 3.8) is 0 Å². The molecule has 1 aromatic heterocycles. The van der Waals surface area contributed by atoms with Crippen LogP contribution in [0.3, 0.4) is 0 Å². The third kappa shape index (κ3) is 2.79. The number of anilines is 1. The average Bonchev–Trinajstić information content (AvgIpc) is 2.79. The van der Waals surface area contributed by atoms with E-state index in [1.807, 2.05) is 0 Å². The topological polar surface area (TPSA) is 38.1 Å². The number of halogens is 4. The second-order valence-electron chi connectivity index (χ2n) is 3.54. The Labute approximate surface area is 99.4 Å². The highest BCUT2D eigenvalue weighted by Crippen LogP contribution is 2.31. The molecule has 1 heterocycles. The van der Waals surface area contributed by atoms with Gasteiger partial charge in [0.05, 0.1) is 17.8 Å². The number of alkyl halides is 3. The molecule has 3 nitrogen and oxygen atoms in total. The van der Waals surface area contributed by atoms with Crippen LogP contribution in [0.25, 0.3) is 0 Å². The molecule has 0 saturated heterocycles. The first kappa shape index (κ1) is 12.4. The molecule has 18 heavy (non-hydrogen) atoms. The van der Waals surface area contributed by atoms with Gasteiger partial charge >= 0.3 is 6.18 Å². The largest absolute Gasteiger partial charge is 0.416 e. The van der Waals surface area contributed by atoms with Gasteiger partial charge in [0, 0.05) is 6.07 Å². The summed E-state index contributed by atoms with van der Waals surface area (Å²) in [5, 5.41) is 6.21. The molecule has 0 aliphatic rings. The Morgan fingerprint density at radius 2 is 2.00 bits per heavy atom. The van der Waals surface area contributed by atoms with Crippen molar-refractivity contribution in [1.82, 2.24) is 5.16 Å². The van der Waals surface area contributed by atoms with E-state index >= 15 is 0 Å². The molecule has 0 unspecified atom stereocenters. The van der Waals surface area contributed by atoms with Crippen molar-refractivity contribution in [3.05, 3.63) is 47.6 Å². The van der Waals surface area contributed by atoms with Gasteiger partial charge in [-0.1, -0.05) is 5.16 Å². The Morgan fingerprint density at radius 1 is 1.22 bits per heavy atom. The number of rotatable bonds is 3. The van der Waals surface area contributed by atoms with Crippen LogP contribution in [0, 0.1) is 5.82 Å². The van der Waals surface area contributed by atoms with Crippen LogP contribution in [-0.2, 0) is 12.7 Å². The first-order valence-corrected chi connectivity index (χ1v) is 4.96. The lowest BCUT2D eigenvalue weighted by molar-refractivity contribution is -0.137. The standard InChI is InChI=1S/C11H8F4N2O/c12-9-5-7(11(13,14)15)1-2-10(9)16-6-8-3-4-18-17-8/h1-5,16H,6H2. The first-order valence-electron chi connectivity index (χ1n) is 4.96. The van der Waals surface area contributed by atoms with Crippen molar-refractivity contribution in [1.29, 1.82) is 0 Å². The minimum absolute atomic E-state index is 0.0222. The third-order valence-corrected chi connectivity index (χ3v) is 2.25. The Balaban J connectivity index is 2.10. The summed E-state index contributed by atoms with van der Waals surface area (Å²) in [7, 11) is 0. The van der Waals surface area contributed by atoms with Gasteiger partial charge < -0.3 is 9.84 Å². The summed E-state index contributed by atoms with van der Waals surface area (Å²) in [6, 6.07) is 3.87. The van der Waals surface area contributed by atoms with E-state index in [4.69, 9.17) is 0 Å². The van der Waals surface area contributed by atoms with Crippen molar-refractivity contribution in [2.24, 2.45) is 0 Å². The highest BCUT2D eigenvalue weighted by Gasteiger charge is 2.31. The van der Waals surface area contributed by atoms with Crippen molar-refractivity contribution < 1.29 is 22.1 Å². The number of benzene rings is 1. The zero-order valence-corrected chi connectivity index (χ0v) is 8.96. The Hall–Kier alpha value is -2.05. The molecule has 0 bridgehead atoms. The van der Waals surface area contributed by atoms with Gasteiger partial charge in [0.25, 0.3) is 0 Å². The number of hydrogen-bond donors (Lipinski definition) is 1. The van der Waals surface area contributed by atoms with Gasteiger partial charge in [-0.3, -0.25) is 0 Å². The lowest BCUT2D eigenvalue weighted by Gasteiger charge is -2.10. The first-order chi connectivity index (χ1) is 8.47. The van der Waals surface area contributed by atoms with Crippen molar-refractivity contribution in [2.45, 2.75) is 12.7 Å². The molecule has 0 amide bonds. The molecule has 0 atom stereocenters. The molecule has 2 rings (SSSR count). The number of aromatic nitrogens is 1. The van der Waals surface area contributed by atoms with E-state index in [2.05, 4.69) is 15.0 Å². The Kier molecular flexibility index (Phi) is 3.22. The maximum atomic E-state index is 13.4. The van der Waals surface area contributed by atoms with Crippen LogP contribution in [0.15, 0.2) is 35.1 Å². The van der Waals surface area contributed by atoms with Crippen LogP contribution < -0.4 is 5.32 Å². The number of hydrogen-bond acceptors (Lipinski definition) is 3. The van der Waals surface area contributed by atoms with Crippen molar-refractivity contribution >= 4 is 5.69 Å². The summed E-state index contributed by atoms with van der Waals surface area (Å²) in [6.45, 7) is 0.165. The summed E-state index contributed by atoms with van der Waals surface area (Å²) in [4.78, 5) is 0. The molecule has 0 spiro atoms. The number of nitrogens with one attached hydrogen (secondary N) is 1. The molecule has 0 aliphatic carbocycles. The van der Waals surface area contributed by atoms with E-state index in [0.29, 0.717) is 11.8 Å². The smallest absolute Gasteiger partial charge is 0.377 e. The summed E-state index contributed by atoms with van der Waals surface area (Å²) in [6.07, 6.45) is -3.20. The molecule has 1 aromatic carbocycles. The summed E-state index contributed by atoms with van der Waals surface area (Å²) in [5.74, 6) is -0.965. The van der Waals surface area contributed by atoms with Gasteiger partial charge in [0.1, 0.15) is 17.8 Å². The fourth-order valence-electron chi connectivity index (χ4n) is 1.35. The maximum Gasteiger partial charge on any atom is 0.416 e. The zero-order valence-electron chi connectivity index (χ0n) is 8.96. The predicted octanol–water partition coefficient (Wildman–Crippen LogP) is 3.44. The molecule has 0 aliphatic heterocycles. The summed E-state index contributed by atoms with van der Waals surface area (Å²) < 4.78 is 54.9. The molecule has 2 aromatic rings. The van der Waals surface area contributed by atoms with Crippen LogP contribution in [0.1, 0.15) is 11.3 Å². The average molecular weight is 260 g/mol. The van der Waals surface area contributed by atoms with Crippen LogP contribution in [0.4, 0.5) is 23.2 Å². The normalized spacial score (nSPS) is 11.6. The van der Waals surface area contributed by atoms with Crippen molar-refractivity contribution in [3.8, 4) is 0 Å². The van der Waals surface area contributed by atoms with Crippen LogP contribution in [-0.4, -0.2) is 5.16 Å². The molecular formula is C11H8F4N2O. The SMILES string of the molecule is Fc1cc(C(F)(F)F)ccc1NCc1ccon1. The molecule has 96 valence electrons. The van der Waals surface area contributed by atoms with E-state index < -0.39 is 17.6 Å². The fourth-order valence-corrected chi connectivity index (χ4v) is 1.35. The fraction of sp³-hybridized carbons (Fsp3) is 0.182. The van der Waals surface area contributed by atoms with Crippen LogP contribution >= 0.6 is 0 Å². The van der Waals surface area contributed by atoms with E-state index in [1.54, 1.807) is 6.07 Å². The van der Waals surface area contributed by atoms with E-state index in [0.717, 1.165) is 12.1 Å². The van der Waals surface area contributed by atoms with Gasteiger partial charge in [-0.2, -0.15) is 13.2 Å². The molecule has 7 heteroatoms. The molecule has 0 fully saturated rings. The summed E-state index contributed by atoms with van der Waals surface area (Å²) in [5.41, 5.74) is -0.521. The van der Waals surface area contributed by atoms with Crippen LogP contribution in [0.2, 0.25) is 0 Å². The van der Waals surface area contributed by atoms with Gasteiger partial charge in [0.2, 0.25) is 0 Å². The Morgan fingerprint density at radius 3 is 2.56 bits per heavy atom. The van der Waals surface area contributed by atoms with Gasteiger partial charge in [0.15, 0.2) is 0 Å². The molecule has 0 radical (unpaired) electrons. The quantitative estimate of drug-likeness (QED) is 0.859. The minimum atomic E-state index is -4.55.